The van der Waals surface area contributed by atoms with E-state index in [1.165, 1.54) is 0 Å². The number of rotatable bonds is 15. The van der Waals surface area contributed by atoms with Crippen LogP contribution in [-0.4, -0.2) is 132 Å². The van der Waals surface area contributed by atoms with E-state index in [1.807, 2.05) is 0 Å². The third-order valence-corrected chi connectivity index (χ3v) is 6.46. The maximum Gasteiger partial charge on any atom is 1.00 e. The summed E-state index contributed by atoms with van der Waals surface area (Å²) in [6.45, 7) is -0.0135. The van der Waals surface area contributed by atoms with Gasteiger partial charge in [0.25, 0.3) is 0 Å². The summed E-state index contributed by atoms with van der Waals surface area (Å²) >= 11 is 0. The number of aliphatic hydroxyl groups is 5. The molecule has 0 aromatic rings. The van der Waals surface area contributed by atoms with Crippen LogP contribution in [0.25, 0.3) is 10.4 Å². The van der Waals surface area contributed by atoms with Crippen molar-refractivity contribution >= 4 is 16.3 Å². The summed E-state index contributed by atoms with van der Waals surface area (Å²) in [5.41, 5.74) is 8.29. The molecule has 0 aliphatic carbocycles. The molecule has 6 N–H and O–H groups in total. The van der Waals surface area contributed by atoms with E-state index in [1.54, 1.807) is 0 Å². The van der Waals surface area contributed by atoms with E-state index in [9.17, 15) is 39.1 Å². The average molecular weight is 611 g/mol. The Morgan fingerprint density at radius 3 is 2.10 bits per heavy atom. The van der Waals surface area contributed by atoms with Crippen LogP contribution >= 0.6 is 0 Å². The van der Waals surface area contributed by atoms with E-state index in [4.69, 9.17) is 29.0 Å². The second kappa shape index (κ2) is 18.1. The Kier molecular flexibility index (Phi) is 16.9. The summed E-state index contributed by atoms with van der Waals surface area (Å²) in [5.74, 6) is -0.708. The molecule has 0 unspecified atom stereocenters. The normalized spacial score (nSPS) is 35.0. The van der Waals surface area contributed by atoms with Crippen LogP contribution in [0.4, 0.5) is 0 Å². The maximum atomic E-state index is 11.9. The number of hydrogen-bond acceptors (Lipinski definition) is 15. The first kappa shape index (κ1) is 37.3. The summed E-state index contributed by atoms with van der Waals surface area (Å²) in [6.07, 6.45) is -12.6. The zero-order chi connectivity index (χ0) is 29.2. The van der Waals surface area contributed by atoms with Gasteiger partial charge in [-0.25, -0.2) is 4.18 Å². The third kappa shape index (κ3) is 11.2. The SMILES string of the molecule is CC([O-])=N[C@H]1[C@H](OCCCCCCN=[N+]=[N-])O[C@H](CO)[C@@H](O)[C@@H]1O[C@@H]1O[C@H](CO)[C@H](O)[C@H](OS(=O)(=O)O)[C@H]1O.[Na+]. The van der Waals surface area contributed by atoms with Gasteiger partial charge in [0.2, 0.25) is 0 Å². The predicted octanol–water partition coefficient (Wildman–Crippen LogP) is -5.88. The van der Waals surface area contributed by atoms with Gasteiger partial charge in [-0.05, 0) is 31.2 Å². The number of hydrogen-bond donors (Lipinski definition) is 6. The van der Waals surface area contributed by atoms with Crippen LogP contribution < -0.4 is 34.7 Å². The van der Waals surface area contributed by atoms with Crippen molar-refractivity contribution in [3.63, 3.8) is 0 Å². The molecule has 40 heavy (non-hydrogen) atoms. The molecule has 2 saturated heterocycles. The summed E-state index contributed by atoms with van der Waals surface area (Å²) in [5, 5.41) is 66.3. The molecule has 226 valence electrons. The second-order valence-corrected chi connectivity index (χ2v) is 9.94. The van der Waals surface area contributed by atoms with Gasteiger partial charge in [-0.1, -0.05) is 18.0 Å². The van der Waals surface area contributed by atoms with Crippen LogP contribution in [0.3, 0.4) is 0 Å². The first-order valence-electron chi connectivity index (χ1n) is 12.1. The van der Waals surface area contributed by atoms with Crippen LogP contribution in [-0.2, 0) is 33.5 Å². The molecular formula is C20H35N4NaO14S. The van der Waals surface area contributed by atoms with Crippen LogP contribution in [0.1, 0.15) is 32.6 Å². The molecule has 0 radical (unpaired) electrons. The van der Waals surface area contributed by atoms with E-state index in [0.29, 0.717) is 25.8 Å². The topological polar surface area (TPSA) is 286 Å². The molecule has 2 fully saturated rings. The van der Waals surface area contributed by atoms with Crippen LogP contribution in [0.5, 0.6) is 0 Å². The fourth-order valence-electron chi connectivity index (χ4n) is 4.15. The Morgan fingerprint density at radius 2 is 1.55 bits per heavy atom. The van der Waals surface area contributed by atoms with Crippen molar-refractivity contribution in [1.82, 2.24) is 0 Å². The monoisotopic (exact) mass is 610 g/mol. The summed E-state index contributed by atoms with van der Waals surface area (Å²) < 4.78 is 58.2. The first-order chi connectivity index (χ1) is 18.4. The van der Waals surface area contributed by atoms with E-state index in [2.05, 4.69) is 19.2 Å². The van der Waals surface area contributed by atoms with Gasteiger partial charge < -0.3 is 49.6 Å². The van der Waals surface area contributed by atoms with Crippen molar-refractivity contribution in [2.75, 3.05) is 26.4 Å². The summed E-state index contributed by atoms with van der Waals surface area (Å²) in [7, 11) is -5.18. The van der Waals surface area contributed by atoms with Crippen molar-refractivity contribution in [2.24, 2.45) is 10.1 Å². The molecule has 20 heteroatoms. The van der Waals surface area contributed by atoms with Crippen molar-refractivity contribution in [2.45, 2.75) is 94.0 Å². The van der Waals surface area contributed by atoms with Gasteiger partial charge in [-0.3, -0.25) is 9.55 Å². The van der Waals surface area contributed by atoms with Gasteiger partial charge in [0, 0.05) is 18.1 Å². The number of aliphatic hydroxyl groups excluding tert-OH is 5. The Labute approximate surface area is 252 Å². The van der Waals surface area contributed by atoms with Crippen molar-refractivity contribution in [3.05, 3.63) is 10.4 Å². The largest absolute Gasteiger partial charge is 1.00 e. The van der Waals surface area contributed by atoms with Crippen LogP contribution in [0, 0.1) is 0 Å². The molecule has 2 heterocycles. The predicted molar refractivity (Wildman–Crippen MR) is 126 cm³/mol. The number of aliphatic imine (C=N–C) groups is 1. The van der Waals surface area contributed by atoms with E-state index in [0.717, 1.165) is 13.3 Å². The second-order valence-electron chi connectivity index (χ2n) is 8.89. The van der Waals surface area contributed by atoms with Gasteiger partial charge in [0.15, 0.2) is 12.6 Å². The minimum absolute atomic E-state index is 0. The standard InChI is InChI=1S/C20H36N4O14S.Na/c1-10(27)23-13-17(37-20-16(30)18(38-39(31,32)33)15(29)12(9-26)36-20)14(28)11(8-25)35-19(13)34-7-5-3-2-4-6-22-24-21;/h11-20,25-26,28-30H,2-9H2,1H3,(H,23,27)(H,31,32,33);/q;+1/p-1/t11-,12-,13-,14-,15+,16-,17-,18+,19-,20+;/m1./s1. The van der Waals surface area contributed by atoms with E-state index >= 15 is 0 Å². The quantitative estimate of drug-likeness (QED) is 0.0147. The Bertz CT molecular complexity index is 938. The maximum absolute atomic E-state index is 11.9. The molecule has 0 saturated carbocycles. The first-order valence-corrected chi connectivity index (χ1v) is 13.5. The average Bonchev–Trinajstić information content (AvgIpc) is 2.87. The minimum atomic E-state index is -5.18. The van der Waals surface area contributed by atoms with E-state index in [-0.39, 0.29) is 36.2 Å². The third-order valence-electron chi connectivity index (χ3n) is 6.00. The van der Waals surface area contributed by atoms with Gasteiger partial charge in [0.1, 0.15) is 48.8 Å². The molecule has 18 nitrogen and oxygen atoms in total. The molecule has 0 spiro atoms. The summed E-state index contributed by atoms with van der Waals surface area (Å²) in [6, 6.07) is -1.36. The Balaban J connectivity index is 0.00000800. The smallest absolute Gasteiger partial charge is 0.862 e. The molecule has 0 aromatic heterocycles. The molecule has 0 aromatic carbocycles. The fourth-order valence-corrected chi connectivity index (χ4v) is 4.66. The molecule has 10 atom stereocenters. The molecule has 2 rings (SSSR count). The van der Waals surface area contributed by atoms with Gasteiger partial charge in [0.05, 0.1) is 13.2 Å². The summed E-state index contributed by atoms with van der Waals surface area (Å²) in [4.78, 5) is 6.55. The molecular weight excluding hydrogens is 575 g/mol. The van der Waals surface area contributed by atoms with Crippen molar-refractivity contribution < 1.29 is 96.3 Å². The number of ether oxygens (including phenoxy) is 4. The Morgan fingerprint density at radius 1 is 0.975 bits per heavy atom. The molecule has 2 aliphatic rings. The molecule has 0 amide bonds. The molecule has 2 aliphatic heterocycles. The number of nitrogens with zero attached hydrogens (tertiary/aromatic N) is 4. The van der Waals surface area contributed by atoms with Crippen molar-refractivity contribution in [3.8, 4) is 0 Å². The Hall–Kier alpha value is -0.710. The fraction of sp³-hybridized carbons (Fsp3) is 0.950. The number of azide groups is 1. The van der Waals surface area contributed by atoms with Crippen LogP contribution in [0.15, 0.2) is 10.1 Å². The zero-order valence-corrected chi connectivity index (χ0v) is 24.9. The zero-order valence-electron chi connectivity index (χ0n) is 22.1. The number of unbranched alkanes of at least 4 members (excludes halogenated alkanes) is 3. The van der Waals surface area contributed by atoms with Gasteiger partial charge in [-0.2, -0.15) is 8.42 Å². The van der Waals surface area contributed by atoms with E-state index < -0.39 is 90.9 Å². The van der Waals surface area contributed by atoms with Gasteiger partial charge in [-0.15, -0.1) is 0 Å². The van der Waals surface area contributed by atoms with Crippen LogP contribution in [0.2, 0.25) is 0 Å². The van der Waals surface area contributed by atoms with Crippen molar-refractivity contribution in [1.29, 1.82) is 0 Å². The molecule has 0 bridgehead atoms. The minimum Gasteiger partial charge on any atom is -0.862 e. The van der Waals surface area contributed by atoms with Gasteiger partial charge >= 0.3 is 40.0 Å².